The highest BCUT2D eigenvalue weighted by Crippen LogP contribution is 2.11. The normalized spacial score (nSPS) is 10.1. The van der Waals surface area contributed by atoms with Crippen LogP contribution in [0, 0.1) is 0 Å². The van der Waals surface area contributed by atoms with Crippen molar-refractivity contribution in [1.29, 1.82) is 0 Å². The number of esters is 2. The Morgan fingerprint density at radius 2 is 1.76 bits per heavy atom. The summed E-state index contributed by atoms with van der Waals surface area (Å²) in [6.07, 6.45) is 0.0325. The molecule has 0 spiro atoms. The third-order valence-electron chi connectivity index (χ3n) is 2.40. The molecule has 0 aliphatic heterocycles. The Kier molecular flexibility index (Phi) is 6.39. The Morgan fingerprint density at radius 3 is 2.29 bits per heavy atom. The van der Waals surface area contributed by atoms with Gasteiger partial charge in [-0.2, -0.15) is 0 Å². The molecule has 6 heteroatoms. The van der Waals surface area contributed by atoms with Gasteiger partial charge in [-0.25, -0.2) is 4.79 Å². The summed E-state index contributed by atoms with van der Waals surface area (Å²) in [5.41, 5.74) is 0.910. The van der Waals surface area contributed by atoms with Gasteiger partial charge in [-0.05, 0) is 38.1 Å². The summed E-state index contributed by atoms with van der Waals surface area (Å²) in [4.78, 5) is 34.1. The summed E-state index contributed by atoms with van der Waals surface area (Å²) in [6.45, 7) is 4.85. The molecule has 0 fully saturated rings. The maximum Gasteiger partial charge on any atom is 0.338 e. The van der Waals surface area contributed by atoms with E-state index in [2.05, 4.69) is 5.32 Å². The molecule has 0 unspecified atom stereocenters. The number of rotatable bonds is 6. The van der Waals surface area contributed by atoms with Crippen molar-refractivity contribution in [1.82, 2.24) is 0 Å². The van der Waals surface area contributed by atoms with Gasteiger partial charge in [0, 0.05) is 12.1 Å². The second-order valence-electron chi connectivity index (χ2n) is 4.59. The third kappa shape index (κ3) is 6.07. The molecule has 6 nitrogen and oxygen atoms in total. The van der Waals surface area contributed by atoms with E-state index in [9.17, 15) is 14.4 Å². The van der Waals surface area contributed by atoms with Crippen LogP contribution in [-0.2, 0) is 19.1 Å². The van der Waals surface area contributed by atoms with Gasteiger partial charge in [0.2, 0.25) is 0 Å². The predicted octanol–water partition coefficient (Wildman–Crippen LogP) is 2.14. The highest BCUT2D eigenvalue weighted by atomic mass is 16.5. The average Bonchev–Trinajstić information content (AvgIpc) is 2.44. The number of carbonyl (C=O) groups is 3. The molecule has 1 aromatic rings. The third-order valence-corrected chi connectivity index (χ3v) is 2.40. The van der Waals surface area contributed by atoms with Crippen molar-refractivity contribution in [3.05, 3.63) is 29.8 Å². The maximum atomic E-state index is 11.6. The zero-order chi connectivity index (χ0) is 15.8. The van der Waals surface area contributed by atoms with Crippen molar-refractivity contribution in [2.24, 2.45) is 0 Å². The second kappa shape index (κ2) is 8.04. The van der Waals surface area contributed by atoms with E-state index in [4.69, 9.17) is 9.47 Å². The van der Waals surface area contributed by atoms with E-state index in [1.165, 1.54) is 0 Å². The van der Waals surface area contributed by atoms with Crippen molar-refractivity contribution in [3.63, 3.8) is 0 Å². The lowest BCUT2D eigenvalue weighted by Gasteiger charge is -2.09. The molecule has 114 valence electrons. The highest BCUT2D eigenvalue weighted by molar-refractivity contribution is 5.94. The fourth-order valence-electron chi connectivity index (χ4n) is 1.42. The van der Waals surface area contributed by atoms with Gasteiger partial charge in [0.15, 0.2) is 6.61 Å². The summed E-state index contributed by atoms with van der Waals surface area (Å²) >= 11 is 0. The van der Waals surface area contributed by atoms with Crippen LogP contribution in [0.15, 0.2) is 24.3 Å². The monoisotopic (exact) mass is 293 g/mol. The summed E-state index contributed by atoms with van der Waals surface area (Å²) in [5.74, 6) is -1.29. The van der Waals surface area contributed by atoms with Gasteiger partial charge < -0.3 is 14.8 Å². The second-order valence-corrected chi connectivity index (χ2v) is 4.59. The topological polar surface area (TPSA) is 81.7 Å². The molecule has 0 radical (unpaired) electrons. The first-order chi connectivity index (χ1) is 9.92. The molecule has 0 heterocycles. The van der Waals surface area contributed by atoms with E-state index in [0.29, 0.717) is 11.3 Å². The van der Waals surface area contributed by atoms with Crippen LogP contribution in [0.5, 0.6) is 0 Å². The van der Waals surface area contributed by atoms with E-state index in [0.717, 1.165) is 0 Å². The summed E-state index contributed by atoms with van der Waals surface area (Å²) < 4.78 is 9.76. The molecular formula is C15H19NO5. The maximum absolute atomic E-state index is 11.6. The number of ether oxygens (including phenoxy) is 2. The van der Waals surface area contributed by atoms with Crippen molar-refractivity contribution >= 4 is 23.5 Å². The van der Waals surface area contributed by atoms with E-state index >= 15 is 0 Å². The van der Waals surface area contributed by atoms with E-state index in [-0.39, 0.29) is 19.1 Å². The van der Waals surface area contributed by atoms with Crippen molar-refractivity contribution in [2.45, 2.75) is 33.3 Å². The first-order valence-electron chi connectivity index (χ1n) is 6.69. The molecule has 1 rings (SSSR count). The molecule has 1 N–H and O–H groups in total. The first-order valence-corrected chi connectivity index (χ1v) is 6.69. The van der Waals surface area contributed by atoms with Crippen LogP contribution in [0.2, 0.25) is 0 Å². The number of anilines is 1. The number of hydrogen-bond acceptors (Lipinski definition) is 5. The zero-order valence-electron chi connectivity index (χ0n) is 12.3. The predicted molar refractivity (Wildman–Crippen MR) is 76.9 cm³/mol. The van der Waals surface area contributed by atoms with Crippen molar-refractivity contribution in [2.75, 3.05) is 11.9 Å². The molecule has 0 saturated heterocycles. The number of nitrogens with one attached hydrogen (secondary N) is 1. The van der Waals surface area contributed by atoms with Gasteiger partial charge in [-0.3, -0.25) is 9.59 Å². The van der Waals surface area contributed by atoms with Gasteiger partial charge in [0.05, 0.1) is 11.7 Å². The Morgan fingerprint density at radius 1 is 1.14 bits per heavy atom. The molecule has 0 aromatic heterocycles. The van der Waals surface area contributed by atoms with Crippen LogP contribution in [0.1, 0.15) is 37.6 Å². The quantitative estimate of drug-likeness (QED) is 0.813. The van der Waals surface area contributed by atoms with Crippen LogP contribution in [0.4, 0.5) is 5.69 Å². The van der Waals surface area contributed by atoms with Crippen LogP contribution in [0.25, 0.3) is 0 Å². The number of benzene rings is 1. The minimum absolute atomic E-state index is 0.190. The minimum atomic E-state index is -0.436. The Balaban J connectivity index is 2.52. The minimum Gasteiger partial charge on any atom is -0.459 e. The van der Waals surface area contributed by atoms with Gasteiger partial charge >= 0.3 is 11.9 Å². The molecule has 0 bridgehead atoms. The van der Waals surface area contributed by atoms with E-state index in [1.807, 2.05) is 0 Å². The number of hydrogen-bond donors (Lipinski definition) is 1. The molecule has 21 heavy (non-hydrogen) atoms. The molecular weight excluding hydrogens is 274 g/mol. The van der Waals surface area contributed by atoms with Crippen LogP contribution < -0.4 is 5.32 Å². The van der Waals surface area contributed by atoms with Gasteiger partial charge in [0.1, 0.15) is 0 Å². The molecule has 0 aliphatic carbocycles. The highest BCUT2D eigenvalue weighted by Gasteiger charge is 2.10. The Labute approximate surface area is 123 Å². The summed E-state index contributed by atoms with van der Waals surface area (Å²) in [6, 6.07) is 6.27. The summed E-state index contributed by atoms with van der Waals surface area (Å²) in [7, 11) is 0. The van der Waals surface area contributed by atoms with Crippen LogP contribution in [-0.4, -0.2) is 30.6 Å². The Bertz CT molecular complexity index is 507. The Hall–Kier alpha value is -2.37. The first kappa shape index (κ1) is 16.7. The number of amides is 1. The number of carbonyl (C=O) groups excluding carboxylic acids is 3. The molecule has 1 amide bonds. The lowest BCUT2D eigenvalue weighted by molar-refractivity contribution is -0.146. The average molecular weight is 293 g/mol. The van der Waals surface area contributed by atoms with E-state index in [1.54, 1.807) is 45.0 Å². The lowest BCUT2D eigenvalue weighted by atomic mass is 10.2. The van der Waals surface area contributed by atoms with Gasteiger partial charge in [0.25, 0.3) is 5.91 Å². The standard InChI is InChI=1S/C15H19NO5/c1-4-14(18)20-9-13(17)16-12-7-5-11(6-8-12)15(19)21-10(2)3/h5-8,10H,4,9H2,1-3H3,(H,16,17). The van der Waals surface area contributed by atoms with Gasteiger partial charge in [-0.1, -0.05) is 6.92 Å². The fourth-order valence-corrected chi connectivity index (χ4v) is 1.42. The van der Waals surface area contributed by atoms with E-state index < -0.39 is 17.8 Å². The fraction of sp³-hybridized carbons (Fsp3) is 0.400. The smallest absolute Gasteiger partial charge is 0.338 e. The molecule has 1 aromatic carbocycles. The molecule has 0 aliphatic rings. The lowest BCUT2D eigenvalue weighted by Crippen LogP contribution is -2.20. The van der Waals surface area contributed by atoms with Crippen molar-refractivity contribution in [3.8, 4) is 0 Å². The van der Waals surface area contributed by atoms with Crippen molar-refractivity contribution < 1.29 is 23.9 Å². The van der Waals surface area contributed by atoms with Crippen LogP contribution >= 0.6 is 0 Å². The zero-order valence-corrected chi connectivity index (χ0v) is 12.3. The summed E-state index contributed by atoms with van der Waals surface area (Å²) in [5, 5.41) is 2.56. The van der Waals surface area contributed by atoms with Crippen LogP contribution in [0.3, 0.4) is 0 Å². The largest absolute Gasteiger partial charge is 0.459 e. The molecule has 0 saturated carbocycles. The SMILES string of the molecule is CCC(=O)OCC(=O)Nc1ccc(C(=O)OC(C)C)cc1. The van der Waals surface area contributed by atoms with Gasteiger partial charge in [-0.15, -0.1) is 0 Å². The molecule has 0 atom stereocenters.